The topological polar surface area (TPSA) is 125 Å². The van der Waals surface area contributed by atoms with Crippen LogP contribution in [0.5, 0.6) is 11.5 Å². The first-order valence-electron chi connectivity index (χ1n) is 13.5. The molecule has 0 aromatic heterocycles. The van der Waals surface area contributed by atoms with Crippen molar-refractivity contribution in [2.75, 3.05) is 20.3 Å². The molecule has 0 unspecified atom stereocenters. The van der Waals surface area contributed by atoms with Crippen LogP contribution in [-0.4, -0.2) is 77.8 Å². The molecule has 1 aromatic rings. The first-order valence-corrected chi connectivity index (χ1v) is 13.5. The highest BCUT2D eigenvalue weighted by atomic mass is 16.5. The lowest BCUT2D eigenvalue weighted by molar-refractivity contribution is -0.140. The maximum absolute atomic E-state index is 13.6. The lowest BCUT2D eigenvalue weighted by Crippen LogP contribution is -2.58. The number of carbonyl (C=O) groups is 3. The lowest BCUT2D eigenvalue weighted by Gasteiger charge is -2.44. The average molecular weight is 527 g/mol. The molecule has 0 radical (unpaired) electrons. The minimum Gasteiger partial charge on any atom is -0.493 e. The van der Waals surface area contributed by atoms with E-state index in [1.54, 1.807) is 29.2 Å². The van der Waals surface area contributed by atoms with Crippen molar-refractivity contribution >= 4 is 18.1 Å². The number of aldehydes is 1. The maximum atomic E-state index is 13.6. The number of carbonyl (C=O) groups excluding carboxylic acids is 3. The van der Waals surface area contributed by atoms with Gasteiger partial charge in [0, 0.05) is 35.7 Å². The van der Waals surface area contributed by atoms with Crippen LogP contribution in [0, 0.1) is 0 Å². The summed E-state index contributed by atoms with van der Waals surface area (Å²) in [4.78, 5) is 40.4. The van der Waals surface area contributed by atoms with Gasteiger partial charge in [0.2, 0.25) is 11.8 Å². The first-order chi connectivity index (χ1) is 18.4. The number of methoxy groups -OCH3 is 1. The summed E-state index contributed by atoms with van der Waals surface area (Å²) in [5.74, 6) is -0.490. The van der Waals surface area contributed by atoms with E-state index in [2.05, 4.69) is 11.9 Å². The Morgan fingerprint density at radius 3 is 2.61 bits per heavy atom. The van der Waals surface area contributed by atoms with E-state index >= 15 is 0 Å². The summed E-state index contributed by atoms with van der Waals surface area (Å²) in [5, 5.41) is 23.8. The lowest BCUT2D eigenvalue weighted by atomic mass is 9.76. The van der Waals surface area contributed by atoms with Crippen LogP contribution >= 0.6 is 0 Å². The second-order valence-corrected chi connectivity index (χ2v) is 10.2. The molecule has 1 fully saturated rings. The number of hydrogen-bond donors (Lipinski definition) is 3. The zero-order valence-electron chi connectivity index (χ0n) is 21.9. The van der Waals surface area contributed by atoms with E-state index in [1.165, 1.54) is 7.11 Å². The molecule has 1 aliphatic heterocycles. The highest BCUT2D eigenvalue weighted by Gasteiger charge is 2.52. The Labute approximate surface area is 223 Å². The average Bonchev–Trinajstić information content (AvgIpc) is 3.11. The van der Waals surface area contributed by atoms with Gasteiger partial charge < -0.3 is 29.9 Å². The summed E-state index contributed by atoms with van der Waals surface area (Å²) < 4.78 is 11.7. The summed E-state index contributed by atoms with van der Waals surface area (Å²) >= 11 is 0. The molecule has 0 saturated heterocycles. The zero-order valence-corrected chi connectivity index (χ0v) is 21.9. The number of nitrogens with zero attached hydrogens (tertiary/aromatic N) is 1. The minimum atomic E-state index is -1.12. The predicted molar refractivity (Wildman–Crippen MR) is 141 cm³/mol. The number of amides is 2. The van der Waals surface area contributed by atoms with Crippen molar-refractivity contribution in [2.45, 2.75) is 81.6 Å². The van der Waals surface area contributed by atoms with Crippen molar-refractivity contribution in [3.8, 4) is 11.5 Å². The number of aliphatic hydroxyl groups excluding tert-OH is 2. The summed E-state index contributed by atoms with van der Waals surface area (Å²) in [6, 6.07) is 2.36. The van der Waals surface area contributed by atoms with Gasteiger partial charge in [-0.15, -0.1) is 6.58 Å². The van der Waals surface area contributed by atoms with Crippen molar-refractivity contribution in [2.24, 2.45) is 0 Å². The molecular formula is C29H38N2O7. The van der Waals surface area contributed by atoms with Crippen LogP contribution < -0.4 is 14.8 Å². The number of aliphatic hydroxyl groups is 2. The van der Waals surface area contributed by atoms with Crippen LogP contribution in [0.4, 0.5) is 0 Å². The quantitative estimate of drug-likeness (QED) is 0.243. The monoisotopic (exact) mass is 526 g/mol. The van der Waals surface area contributed by atoms with Gasteiger partial charge in [0.05, 0.1) is 25.7 Å². The fourth-order valence-electron chi connectivity index (χ4n) is 6.03. The van der Waals surface area contributed by atoms with Gasteiger partial charge in [0.25, 0.3) is 0 Å². The predicted octanol–water partition coefficient (Wildman–Crippen LogP) is 2.65. The van der Waals surface area contributed by atoms with E-state index < -0.39 is 30.1 Å². The molecule has 9 heteroatoms. The highest BCUT2D eigenvalue weighted by molar-refractivity contribution is 5.96. The fourth-order valence-corrected chi connectivity index (χ4v) is 6.03. The molecule has 3 aliphatic rings. The molecule has 1 saturated carbocycles. The Morgan fingerprint density at radius 1 is 1.24 bits per heavy atom. The van der Waals surface area contributed by atoms with Gasteiger partial charge in [0.15, 0.2) is 11.5 Å². The van der Waals surface area contributed by atoms with Crippen LogP contribution in [0.15, 0.2) is 36.4 Å². The molecule has 9 nitrogen and oxygen atoms in total. The van der Waals surface area contributed by atoms with E-state index in [0.717, 1.165) is 38.5 Å². The third-order valence-electron chi connectivity index (χ3n) is 7.80. The molecule has 0 spiro atoms. The number of benzene rings is 1. The fraction of sp³-hybridized carbons (Fsp3) is 0.552. The highest BCUT2D eigenvalue weighted by Crippen LogP contribution is 2.51. The molecule has 0 bridgehead atoms. The normalized spacial score (nSPS) is 24.7. The molecule has 2 aliphatic carbocycles. The van der Waals surface area contributed by atoms with Gasteiger partial charge in [-0.25, -0.2) is 0 Å². The van der Waals surface area contributed by atoms with Gasteiger partial charge in [-0.1, -0.05) is 31.8 Å². The van der Waals surface area contributed by atoms with Crippen LogP contribution in [0.2, 0.25) is 0 Å². The first kappa shape index (κ1) is 27.9. The van der Waals surface area contributed by atoms with Crippen LogP contribution in [0.3, 0.4) is 0 Å². The molecule has 4 rings (SSSR count). The Hall–Kier alpha value is -3.17. The number of ether oxygens (including phenoxy) is 2. The van der Waals surface area contributed by atoms with E-state index in [4.69, 9.17) is 9.47 Å². The van der Waals surface area contributed by atoms with E-state index in [0.29, 0.717) is 40.9 Å². The number of fused-ring (bicyclic) bond motifs is 3. The smallest absolute Gasteiger partial charge is 0.247 e. The second-order valence-electron chi connectivity index (χ2n) is 10.2. The molecule has 3 N–H and O–H groups in total. The number of hydrogen-bond acceptors (Lipinski definition) is 7. The van der Waals surface area contributed by atoms with Gasteiger partial charge in [-0.3, -0.25) is 14.4 Å². The van der Waals surface area contributed by atoms with E-state index in [-0.39, 0.29) is 31.5 Å². The van der Waals surface area contributed by atoms with Crippen molar-refractivity contribution in [1.82, 2.24) is 10.2 Å². The van der Waals surface area contributed by atoms with Crippen molar-refractivity contribution in [3.63, 3.8) is 0 Å². The number of allylic oxidation sites excluding steroid dienone is 1. The standard InChI is InChI=1S/C29H38N2O7/c1-3-4-11-24(34)31(19-9-7-5-6-8-10-19)22-16-21(29(36)30-12-13-32)25-20-14-18(17-33)15-23(37-2)27(20)38-28(25)26(22)35/h3,14-17,19,22,25-26,28,32,35H,1,4-13H2,2H3,(H,30,36)/t22-,25+,26+,28+/m1/s1. The van der Waals surface area contributed by atoms with Crippen molar-refractivity contribution in [3.05, 3.63) is 47.6 Å². The van der Waals surface area contributed by atoms with Gasteiger partial charge in [0.1, 0.15) is 18.5 Å². The Bertz CT molecular complexity index is 1080. The molecule has 4 atom stereocenters. The molecule has 1 aromatic carbocycles. The van der Waals surface area contributed by atoms with Crippen LogP contribution in [0.1, 0.15) is 73.2 Å². The summed E-state index contributed by atoms with van der Waals surface area (Å²) in [6.07, 6.45) is 8.71. The minimum absolute atomic E-state index is 0.0524. The second kappa shape index (κ2) is 12.6. The maximum Gasteiger partial charge on any atom is 0.247 e. The summed E-state index contributed by atoms with van der Waals surface area (Å²) in [7, 11) is 1.46. The van der Waals surface area contributed by atoms with Gasteiger partial charge >= 0.3 is 0 Å². The van der Waals surface area contributed by atoms with Crippen LogP contribution in [-0.2, 0) is 9.59 Å². The van der Waals surface area contributed by atoms with Crippen LogP contribution in [0.25, 0.3) is 0 Å². The largest absolute Gasteiger partial charge is 0.493 e. The third kappa shape index (κ3) is 5.49. The number of rotatable bonds is 10. The summed E-state index contributed by atoms with van der Waals surface area (Å²) in [5.41, 5.74) is 1.26. The zero-order chi connectivity index (χ0) is 27.2. The Balaban J connectivity index is 1.81. The molecule has 38 heavy (non-hydrogen) atoms. The SMILES string of the molecule is C=CCCC(=O)N(C1CCCCCC1)[C@@H]1C=C(C(=O)NCCO)[C@@H]2c3cc(C=O)cc(OC)c3O[C@@H]2[C@H]1O. The van der Waals surface area contributed by atoms with Crippen molar-refractivity contribution in [1.29, 1.82) is 0 Å². The third-order valence-corrected chi connectivity index (χ3v) is 7.80. The van der Waals surface area contributed by atoms with E-state index in [9.17, 15) is 24.6 Å². The number of nitrogens with one attached hydrogen (secondary N) is 1. The summed E-state index contributed by atoms with van der Waals surface area (Å²) in [6.45, 7) is 3.57. The molecule has 1 heterocycles. The van der Waals surface area contributed by atoms with Gasteiger partial charge in [-0.05, 0) is 37.5 Å². The van der Waals surface area contributed by atoms with Crippen molar-refractivity contribution < 1.29 is 34.1 Å². The molecule has 206 valence electrons. The molecular weight excluding hydrogens is 488 g/mol. The molecule has 2 amide bonds. The Morgan fingerprint density at radius 2 is 1.97 bits per heavy atom. The Kier molecular flexibility index (Phi) is 9.22. The van der Waals surface area contributed by atoms with E-state index in [1.807, 2.05) is 0 Å². The van der Waals surface area contributed by atoms with Gasteiger partial charge in [-0.2, -0.15) is 0 Å².